The number of Topliss-reactive ketones (excluding diaryl/α,β-unsaturated/α-hetero) is 1. The van der Waals surface area contributed by atoms with Crippen molar-refractivity contribution in [2.24, 2.45) is 0 Å². The van der Waals surface area contributed by atoms with Crippen molar-refractivity contribution in [3.05, 3.63) is 106 Å². The van der Waals surface area contributed by atoms with E-state index < -0.39 is 23.9 Å². The van der Waals surface area contributed by atoms with Crippen LogP contribution in [0, 0.1) is 0 Å². The number of carbonyl (C=O) groups excluding carboxylic acids is 1. The van der Waals surface area contributed by atoms with Crippen molar-refractivity contribution in [2.45, 2.75) is 44.8 Å². The third-order valence-corrected chi connectivity index (χ3v) is 7.87. The van der Waals surface area contributed by atoms with E-state index in [1.54, 1.807) is 18.2 Å². The Morgan fingerprint density at radius 1 is 0.767 bits per heavy atom. The van der Waals surface area contributed by atoms with Gasteiger partial charge in [0.2, 0.25) is 0 Å². The molecule has 43 heavy (non-hydrogen) atoms. The van der Waals surface area contributed by atoms with E-state index in [0.29, 0.717) is 28.0 Å². The summed E-state index contributed by atoms with van der Waals surface area (Å²) in [6.07, 6.45) is 0.346. The number of fused-ring (bicyclic) bond motifs is 2. The van der Waals surface area contributed by atoms with Crippen LogP contribution >= 0.6 is 0 Å². The zero-order chi connectivity index (χ0) is 30.6. The molecule has 0 fully saturated rings. The number of phenols is 6. The molecule has 6 N–H and O–H groups in total. The highest BCUT2D eigenvalue weighted by Gasteiger charge is 2.40. The second kappa shape index (κ2) is 10.5. The molecule has 9 nitrogen and oxygen atoms in total. The molecule has 0 spiro atoms. The minimum atomic E-state index is -0.956. The molecule has 0 aliphatic carbocycles. The summed E-state index contributed by atoms with van der Waals surface area (Å²) in [5, 5.41) is 62.7. The molecule has 4 aromatic carbocycles. The Kier molecular flexibility index (Phi) is 6.80. The average Bonchev–Trinajstić information content (AvgIpc) is 3.29. The van der Waals surface area contributed by atoms with Gasteiger partial charge in [0.1, 0.15) is 63.8 Å². The Labute approximate surface area is 247 Å². The lowest BCUT2D eigenvalue weighted by atomic mass is 9.83. The van der Waals surface area contributed by atoms with Crippen LogP contribution in [-0.2, 0) is 6.42 Å². The fourth-order valence-electron chi connectivity index (χ4n) is 5.85. The number of allylic oxidation sites excluding steroid dienone is 2. The highest BCUT2D eigenvalue weighted by Crippen LogP contribution is 2.54. The number of aromatic hydroxyl groups is 6. The van der Waals surface area contributed by atoms with Crippen LogP contribution in [0.5, 0.6) is 46.0 Å². The first-order valence-corrected chi connectivity index (χ1v) is 13.8. The zero-order valence-corrected chi connectivity index (χ0v) is 23.4. The van der Waals surface area contributed by atoms with E-state index in [4.69, 9.17) is 9.47 Å². The van der Waals surface area contributed by atoms with Crippen LogP contribution in [-0.4, -0.2) is 36.4 Å². The molecular weight excluding hydrogens is 552 g/mol. The number of ketones is 1. The SMILES string of the molecule is CC(C)=CCc1c(O)cc(O)c2c1OC(c1cc3c(cc1O)OC(c1ccc(O)cc1)C3c1cc(O)cc(O)c1)CC2=O. The number of ether oxygens (including phenoxy) is 2. The van der Waals surface area contributed by atoms with Gasteiger partial charge >= 0.3 is 0 Å². The van der Waals surface area contributed by atoms with Crippen LogP contribution in [0.25, 0.3) is 0 Å². The monoisotopic (exact) mass is 582 g/mol. The molecule has 2 heterocycles. The first-order valence-electron chi connectivity index (χ1n) is 13.8. The molecule has 6 rings (SSSR count). The molecule has 3 atom stereocenters. The van der Waals surface area contributed by atoms with Crippen LogP contribution in [0.4, 0.5) is 0 Å². The molecule has 0 saturated heterocycles. The van der Waals surface area contributed by atoms with E-state index >= 15 is 0 Å². The molecule has 0 amide bonds. The number of carbonyl (C=O) groups is 1. The fourth-order valence-corrected chi connectivity index (χ4v) is 5.85. The molecule has 220 valence electrons. The van der Waals surface area contributed by atoms with Gasteiger partial charge in [0, 0.05) is 34.9 Å². The lowest BCUT2D eigenvalue weighted by Crippen LogP contribution is -2.22. The Hall–Kier alpha value is -5.31. The van der Waals surface area contributed by atoms with Gasteiger partial charge in [-0.25, -0.2) is 0 Å². The van der Waals surface area contributed by atoms with Gasteiger partial charge in [0.05, 0.1) is 12.3 Å². The highest BCUT2D eigenvalue weighted by molar-refractivity contribution is 6.03. The van der Waals surface area contributed by atoms with Crippen molar-refractivity contribution >= 4 is 5.78 Å². The largest absolute Gasteiger partial charge is 0.508 e. The summed E-state index contributed by atoms with van der Waals surface area (Å²) in [5.74, 6) is -1.55. The first kappa shape index (κ1) is 27.8. The maximum absolute atomic E-state index is 13.3. The summed E-state index contributed by atoms with van der Waals surface area (Å²) in [4.78, 5) is 13.3. The predicted molar refractivity (Wildman–Crippen MR) is 156 cm³/mol. The van der Waals surface area contributed by atoms with Crippen LogP contribution in [0.15, 0.2) is 72.3 Å². The first-order chi connectivity index (χ1) is 20.5. The topological polar surface area (TPSA) is 157 Å². The van der Waals surface area contributed by atoms with E-state index in [1.165, 1.54) is 36.4 Å². The van der Waals surface area contributed by atoms with Crippen molar-refractivity contribution in [2.75, 3.05) is 0 Å². The van der Waals surface area contributed by atoms with Crippen molar-refractivity contribution < 1.29 is 44.9 Å². The van der Waals surface area contributed by atoms with E-state index in [2.05, 4.69) is 0 Å². The second-order valence-corrected chi connectivity index (χ2v) is 11.2. The lowest BCUT2D eigenvalue weighted by molar-refractivity contribution is 0.0839. The van der Waals surface area contributed by atoms with Crippen molar-refractivity contribution in [1.82, 2.24) is 0 Å². The number of phenolic OH excluding ortho intramolecular Hbond substituents is 6. The second-order valence-electron chi connectivity index (χ2n) is 11.2. The normalized spacial score (nSPS) is 18.7. The van der Waals surface area contributed by atoms with Crippen molar-refractivity contribution in [3.8, 4) is 46.0 Å². The van der Waals surface area contributed by atoms with Gasteiger partial charge in [0.25, 0.3) is 0 Å². The van der Waals surface area contributed by atoms with E-state index in [0.717, 1.165) is 11.6 Å². The minimum absolute atomic E-state index is 0.0179. The van der Waals surface area contributed by atoms with Crippen LogP contribution < -0.4 is 9.47 Å². The minimum Gasteiger partial charge on any atom is -0.508 e. The summed E-state index contributed by atoms with van der Waals surface area (Å²) >= 11 is 0. The van der Waals surface area contributed by atoms with Gasteiger partial charge in [0.15, 0.2) is 5.78 Å². The standard InChI is InChI=1S/C34H30O9/c1-16(2)3-8-22-25(38)13-27(40)32-28(41)15-29(43-34(22)32)23-12-24-30(14-26(23)39)42-33(17-4-6-19(35)7-5-17)31(24)18-9-20(36)11-21(37)10-18/h3-7,9-14,29,31,33,35-40H,8,15H2,1-2H3. The van der Waals surface area contributed by atoms with Crippen LogP contribution in [0.1, 0.15) is 76.6 Å². The molecule has 2 aliphatic heterocycles. The Morgan fingerprint density at radius 2 is 1.47 bits per heavy atom. The van der Waals surface area contributed by atoms with E-state index in [-0.39, 0.29) is 64.2 Å². The van der Waals surface area contributed by atoms with Gasteiger partial charge in [-0.15, -0.1) is 0 Å². The molecule has 2 aliphatic rings. The van der Waals surface area contributed by atoms with Gasteiger partial charge < -0.3 is 40.1 Å². The van der Waals surface area contributed by atoms with Crippen molar-refractivity contribution in [3.63, 3.8) is 0 Å². The molecular formula is C34H30O9. The molecule has 0 saturated carbocycles. The summed E-state index contributed by atoms with van der Waals surface area (Å²) in [6, 6.07) is 15.0. The van der Waals surface area contributed by atoms with Crippen molar-refractivity contribution in [1.29, 1.82) is 0 Å². The molecule has 3 unspecified atom stereocenters. The Bertz CT molecular complexity index is 1770. The summed E-state index contributed by atoms with van der Waals surface area (Å²) in [7, 11) is 0. The third-order valence-electron chi connectivity index (χ3n) is 7.87. The third kappa shape index (κ3) is 5.03. The number of rotatable bonds is 5. The lowest BCUT2D eigenvalue weighted by Gasteiger charge is -2.29. The summed E-state index contributed by atoms with van der Waals surface area (Å²) in [5.41, 5.74) is 3.46. The quantitative estimate of drug-likeness (QED) is 0.147. The Morgan fingerprint density at radius 3 is 2.14 bits per heavy atom. The maximum atomic E-state index is 13.3. The van der Waals surface area contributed by atoms with Gasteiger partial charge in [-0.3, -0.25) is 4.79 Å². The van der Waals surface area contributed by atoms with Crippen LogP contribution in [0.2, 0.25) is 0 Å². The number of hydrogen-bond acceptors (Lipinski definition) is 9. The molecule has 4 aromatic rings. The highest BCUT2D eigenvalue weighted by atomic mass is 16.5. The van der Waals surface area contributed by atoms with E-state index in [9.17, 15) is 35.4 Å². The molecule has 0 bridgehead atoms. The fraction of sp³-hybridized carbons (Fsp3) is 0.206. The van der Waals surface area contributed by atoms with E-state index in [1.807, 2.05) is 19.9 Å². The molecule has 0 aromatic heterocycles. The van der Waals surface area contributed by atoms with Gasteiger partial charge in [-0.05, 0) is 61.7 Å². The number of benzene rings is 4. The zero-order valence-electron chi connectivity index (χ0n) is 23.4. The summed E-state index contributed by atoms with van der Waals surface area (Å²) < 4.78 is 12.6. The summed E-state index contributed by atoms with van der Waals surface area (Å²) in [6.45, 7) is 3.80. The number of hydrogen-bond donors (Lipinski definition) is 6. The Balaban J connectivity index is 1.46. The molecule has 0 radical (unpaired) electrons. The predicted octanol–water partition coefficient (Wildman–Crippen LogP) is 6.40. The van der Waals surface area contributed by atoms with Crippen LogP contribution in [0.3, 0.4) is 0 Å². The average molecular weight is 583 g/mol. The molecule has 9 heteroatoms. The van der Waals surface area contributed by atoms with Gasteiger partial charge in [-0.1, -0.05) is 23.8 Å². The smallest absolute Gasteiger partial charge is 0.174 e. The van der Waals surface area contributed by atoms with Gasteiger partial charge in [-0.2, -0.15) is 0 Å². The maximum Gasteiger partial charge on any atom is 0.174 e.